The average Bonchev–Trinajstić information content (AvgIpc) is 2.15. The first kappa shape index (κ1) is 8.50. The van der Waals surface area contributed by atoms with Crippen molar-refractivity contribution in [2.45, 2.75) is 37.8 Å². The number of rotatable bonds is 0. The molecule has 1 amide bonds. The molecule has 1 heterocycles. The molecule has 0 bridgehead atoms. The van der Waals surface area contributed by atoms with E-state index in [0.717, 1.165) is 41.7 Å². The van der Waals surface area contributed by atoms with Crippen molar-refractivity contribution in [3.8, 4) is 0 Å². The Bertz CT molecular complexity index is 264. The number of amides is 1. The van der Waals surface area contributed by atoms with Crippen LogP contribution in [-0.2, 0) is 4.79 Å². The topological polar surface area (TPSA) is 63.8 Å². The molecule has 1 saturated carbocycles. The Morgan fingerprint density at radius 3 is 2.92 bits per heavy atom. The molecule has 1 fully saturated rings. The van der Waals surface area contributed by atoms with Crippen LogP contribution >= 0.6 is 0 Å². The first-order chi connectivity index (χ1) is 6.20. The third kappa shape index (κ3) is 1.29. The number of hydrogen-bond donors (Lipinski definition) is 2. The van der Waals surface area contributed by atoms with Gasteiger partial charge in [-0.3, -0.25) is 15.2 Å². The van der Waals surface area contributed by atoms with Crippen molar-refractivity contribution in [2.75, 3.05) is 0 Å². The van der Waals surface area contributed by atoms with Crippen LogP contribution in [0.2, 0.25) is 0 Å². The Labute approximate surface area is 75.8 Å². The number of fused-ring (bicyclic) bond motifs is 1. The van der Waals surface area contributed by atoms with Crippen LogP contribution in [0, 0.1) is 0 Å². The molecule has 0 aromatic heterocycles. The van der Waals surface area contributed by atoms with Crippen molar-refractivity contribution < 1.29 is 19.9 Å². The zero-order chi connectivity index (χ0) is 9.42. The van der Waals surface area contributed by atoms with Crippen LogP contribution in [0.1, 0.15) is 25.7 Å². The number of carbonyl (C=O) groups excluding carboxylic acids is 1. The second-order valence-corrected chi connectivity index (χ2v) is 3.61. The quantitative estimate of drug-likeness (QED) is 0.317. The van der Waals surface area contributed by atoms with Crippen molar-refractivity contribution in [1.29, 1.82) is 0 Å². The van der Waals surface area contributed by atoms with Crippen LogP contribution in [0.5, 0.6) is 0 Å². The van der Waals surface area contributed by atoms with E-state index >= 15 is 0 Å². The lowest BCUT2D eigenvalue weighted by molar-refractivity contribution is -0.802. The SMILES string of the molecule is O=C1C=[N+](O)C2CCCCC2N1O. The highest BCUT2D eigenvalue weighted by Crippen LogP contribution is 2.25. The maximum absolute atomic E-state index is 11.1. The molecule has 1 aliphatic carbocycles. The Morgan fingerprint density at radius 2 is 2.15 bits per heavy atom. The maximum Gasteiger partial charge on any atom is 0.338 e. The Morgan fingerprint density at radius 1 is 1.46 bits per heavy atom. The van der Waals surface area contributed by atoms with Crippen molar-refractivity contribution in [1.82, 2.24) is 5.06 Å². The van der Waals surface area contributed by atoms with Crippen LogP contribution in [0.25, 0.3) is 0 Å². The molecule has 0 spiro atoms. The minimum absolute atomic E-state index is 0.128. The van der Waals surface area contributed by atoms with Crippen LogP contribution in [-0.4, -0.2) is 44.4 Å². The van der Waals surface area contributed by atoms with Gasteiger partial charge in [0.15, 0.2) is 0 Å². The number of nitrogens with zero attached hydrogens (tertiary/aromatic N) is 2. The summed E-state index contributed by atoms with van der Waals surface area (Å²) >= 11 is 0. The summed E-state index contributed by atoms with van der Waals surface area (Å²) < 4.78 is 0.943. The molecular weight excluding hydrogens is 172 g/mol. The third-order valence-corrected chi connectivity index (χ3v) is 2.82. The zero-order valence-corrected chi connectivity index (χ0v) is 7.26. The number of hydroxylamine groups is 3. The maximum atomic E-state index is 11.1. The molecule has 0 aromatic carbocycles. The number of carbonyl (C=O) groups is 1. The third-order valence-electron chi connectivity index (χ3n) is 2.82. The van der Waals surface area contributed by atoms with Crippen molar-refractivity contribution in [2.24, 2.45) is 0 Å². The van der Waals surface area contributed by atoms with Gasteiger partial charge in [0.2, 0.25) is 6.04 Å². The average molecular weight is 185 g/mol. The fraction of sp³-hybridized carbons (Fsp3) is 0.750. The fourth-order valence-corrected chi connectivity index (χ4v) is 2.12. The molecule has 5 heteroatoms. The first-order valence-corrected chi connectivity index (χ1v) is 4.54. The summed E-state index contributed by atoms with van der Waals surface area (Å²) in [6.07, 6.45) is 4.65. The van der Waals surface area contributed by atoms with Crippen LogP contribution in [0.4, 0.5) is 0 Å². The van der Waals surface area contributed by atoms with E-state index < -0.39 is 5.91 Å². The molecule has 0 radical (unpaired) electrons. The van der Waals surface area contributed by atoms with Gasteiger partial charge in [0.25, 0.3) is 6.21 Å². The summed E-state index contributed by atoms with van der Waals surface area (Å²) in [6, 6.07) is -0.368. The predicted molar refractivity (Wildman–Crippen MR) is 42.8 cm³/mol. The van der Waals surface area contributed by atoms with Gasteiger partial charge < -0.3 is 0 Å². The molecule has 2 rings (SSSR count). The number of hydrogen-bond acceptors (Lipinski definition) is 3. The Kier molecular flexibility index (Phi) is 1.95. The van der Waals surface area contributed by atoms with Crippen molar-refractivity contribution >= 4 is 12.1 Å². The van der Waals surface area contributed by atoms with E-state index in [2.05, 4.69) is 0 Å². The van der Waals surface area contributed by atoms with E-state index in [4.69, 9.17) is 0 Å². The lowest BCUT2D eigenvalue weighted by atomic mass is 9.89. The second-order valence-electron chi connectivity index (χ2n) is 3.61. The Balaban J connectivity index is 2.27. The van der Waals surface area contributed by atoms with Gasteiger partial charge in [0.1, 0.15) is 6.04 Å². The van der Waals surface area contributed by atoms with E-state index in [9.17, 15) is 15.2 Å². The molecule has 2 atom stereocenters. The summed E-state index contributed by atoms with van der Waals surface area (Å²) in [6.45, 7) is 0. The molecule has 0 saturated heterocycles. The highest BCUT2D eigenvalue weighted by atomic mass is 16.5. The normalized spacial score (nSPS) is 34.1. The molecule has 5 nitrogen and oxygen atoms in total. The molecule has 2 N–H and O–H groups in total. The summed E-state index contributed by atoms with van der Waals surface area (Å²) in [5, 5.41) is 19.6. The van der Waals surface area contributed by atoms with Gasteiger partial charge >= 0.3 is 5.91 Å². The second kappa shape index (κ2) is 2.99. The monoisotopic (exact) mass is 185 g/mol. The highest BCUT2D eigenvalue weighted by molar-refractivity contribution is 6.24. The van der Waals surface area contributed by atoms with Gasteiger partial charge in [0, 0.05) is 6.42 Å². The first-order valence-electron chi connectivity index (χ1n) is 4.54. The van der Waals surface area contributed by atoms with E-state index in [1.165, 1.54) is 0 Å². The molecule has 2 aliphatic rings. The molecule has 2 unspecified atom stereocenters. The van der Waals surface area contributed by atoms with Gasteiger partial charge in [-0.25, -0.2) is 5.06 Å². The lowest BCUT2D eigenvalue weighted by Gasteiger charge is -2.32. The summed E-state index contributed by atoms with van der Waals surface area (Å²) in [7, 11) is 0. The van der Waals surface area contributed by atoms with E-state index in [1.54, 1.807) is 0 Å². The highest BCUT2D eigenvalue weighted by Gasteiger charge is 2.44. The van der Waals surface area contributed by atoms with Gasteiger partial charge in [0.05, 0.1) is 0 Å². The Hall–Kier alpha value is -1.10. The molecule has 72 valence electrons. The van der Waals surface area contributed by atoms with Crippen LogP contribution in [0.15, 0.2) is 0 Å². The summed E-state index contributed by atoms with van der Waals surface area (Å²) in [4.78, 5) is 11.1. The lowest BCUT2D eigenvalue weighted by Crippen LogP contribution is -2.56. The standard InChI is InChI=1S/C8H13N2O3/c11-8-5-9(12)6-3-1-2-4-7(6)10(8)13/h5-7,12-13H,1-4H2/q+1. The predicted octanol–water partition coefficient (Wildman–Crippen LogP) is 0.00150. The molecule has 1 aliphatic heterocycles. The summed E-state index contributed by atoms with van der Waals surface area (Å²) in [5.41, 5.74) is 0. The molecular formula is C8H13N2O3+. The summed E-state index contributed by atoms with van der Waals surface area (Å²) in [5.74, 6) is -0.536. The fourth-order valence-electron chi connectivity index (χ4n) is 2.12. The van der Waals surface area contributed by atoms with Gasteiger partial charge in [-0.1, -0.05) is 6.42 Å². The van der Waals surface area contributed by atoms with E-state index in [0.29, 0.717) is 0 Å². The minimum atomic E-state index is -0.536. The minimum Gasteiger partial charge on any atom is -0.290 e. The molecule has 13 heavy (non-hydrogen) atoms. The molecule has 0 aromatic rings. The van der Waals surface area contributed by atoms with Gasteiger partial charge in [-0.15, -0.1) is 0 Å². The van der Waals surface area contributed by atoms with Gasteiger partial charge in [-0.05, 0) is 17.6 Å². The zero-order valence-electron chi connectivity index (χ0n) is 7.26. The smallest absolute Gasteiger partial charge is 0.290 e. The van der Waals surface area contributed by atoms with Crippen molar-refractivity contribution in [3.05, 3.63) is 0 Å². The van der Waals surface area contributed by atoms with Crippen LogP contribution in [0.3, 0.4) is 0 Å². The van der Waals surface area contributed by atoms with Crippen molar-refractivity contribution in [3.63, 3.8) is 0 Å². The van der Waals surface area contributed by atoms with Gasteiger partial charge in [-0.2, -0.15) is 0 Å². The van der Waals surface area contributed by atoms with E-state index in [-0.39, 0.29) is 12.1 Å². The van der Waals surface area contributed by atoms with Crippen LogP contribution < -0.4 is 0 Å². The largest absolute Gasteiger partial charge is 0.338 e. The van der Waals surface area contributed by atoms with E-state index in [1.807, 2.05) is 0 Å².